The van der Waals surface area contributed by atoms with Crippen molar-refractivity contribution >= 4 is 35.1 Å². The topological polar surface area (TPSA) is 92.0 Å². The number of piperidine rings is 1. The van der Waals surface area contributed by atoms with Crippen LogP contribution < -0.4 is 9.80 Å². The van der Waals surface area contributed by atoms with E-state index in [1.54, 1.807) is 17.0 Å². The van der Waals surface area contributed by atoms with E-state index < -0.39 is 0 Å². The molecule has 2 amide bonds. The van der Waals surface area contributed by atoms with Crippen molar-refractivity contribution < 1.29 is 18.8 Å². The molecule has 182 valence electrons. The van der Waals surface area contributed by atoms with Crippen LogP contribution >= 0.6 is 11.6 Å². The molecule has 3 aliphatic rings. The van der Waals surface area contributed by atoms with E-state index >= 15 is 0 Å². The number of ether oxygens (including phenoxy) is 1. The van der Waals surface area contributed by atoms with Gasteiger partial charge in [0.05, 0.1) is 18.1 Å². The minimum atomic E-state index is -0.330. The number of amides is 2. The van der Waals surface area contributed by atoms with Gasteiger partial charge in [-0.3, -0.25) is 9.59 Å². The maximum atomic E-state index is 13.2. The fourth-order valence-corrected chi connectivity index (χ4v) is 5.42. The maximum absolute atomic E-state index is 13.2. The highest BCUT2D eigenvalue weighted by Crippen LogP contribution is 2.32. The number of hydrogen-bond acceptors (Lipinski definition) is 7. The minimum Gasteiger partial charge on any atom is -0.372 e. The maximum Gasteiger partial charge on any atom is 0.266 e. The molecule has 0 aliphatic carbocycles. The molecular formula is C24H30ClN5O4. The van der Waals surface area contributed by atoms with Crippen molar-refractivity contribution in [3.63, 3.8) is 0 Å². The Morgan fingerprint density at radius 3 is 2.56 bits per heavy atom. The molecule has 0 saturated carbocycles. The first-order chi connectivity index (χ1) is 16.4. The highest BCUT2D eigenvalue weighted by Gasteiger charge is 2.39. The third-order valence-corrected chi connectivity index (χ3v) is 7.12. The Kier molecular flexibility index (Phi) is 6.48. The van der Waals surface area contributed by atoms with Crippen LogP contribution in [0.5, 0.6) is 0 Å². The molecule has 3 saturated heterocycles. The van der Waals surface area contributed by atoms with E-state index in [0.717, 1.165) is 31.6 Å². The van der Waals surface area contributed by atoms with Crippen LogP contribution in [0.4, 0.5) is 11.6 Å². The first kappa shape index (κ1) is 23.1. The predicted molar refractivity (Wildman–Crippen MR) is 127 cm³/mol. The van der Waals surface area contributed by atoms with Crippen molar-refractivity contribution in [2.75, 3.05) is 42.5 Å². The number of rotatable bonds is 4. The molecule has 3 atom stereocenters. The molecule has 9 nitrogen and oxygen atoms in total. The van der Waals surface area contributed by atoms with E-state index in [1.165, 1.54) is 0 Å². The highest BCUT2D eigenvalue weighted by atomic mass is 35.5. The first-order valence-corrected chi connectivity index (χ1v) is 12.3. The molecule has 1 aromatic heterocycles. The second-order valence-corrected chi connectivity index (χ2v) is 10.0. The van der Waals surface area contributed by atoms with Crippen molar-refractivity contribution in [1.29, 1.82) is 0 Å². The number of benzene rings is 1. The number of halogens is 1. The molecule has 3 fully saturated rings. The van der Waals surface area contributed by atoms with Gasteiger partial charge in [0.25, 0.3) is 5.95 Å². The van der Waals surface area contributed by atoms with Gasteiger partial charge >= 0.3 is 0 Å². The van der Waals surface area contributed by atoms with Crippen LogP contribution in [0, 0.1) is 5.92 Å². The number of carbonyl (C=O) groups excluding carboxylic acids is 2. The SMILES string of the molecule is C[C@H]1CN(c2noc(C3CCN(C(=O)C4CC(=O)N(c5cccc(Cl)c5)C4)CC3)n2)C[C@H](C)O1. The lowest BCUT2D eigenvalue weighted by Crippen LogP contribution is -2.46. The van der Waals surface area contributed by atoms with Crippen LogP contribution in [0.1, 0.15) is 44.9 Å². The number of aromatic nitrogens is 2. The Morgan fingerprint density at radius 1 is 1.12 bits per heavy atom. The average molecular weight is 488 g/mol. The van der Waals surface area contributed by atoms with E-state index in [2.05, 4.69) is 15.0 Å². The summed E-state index contributed by atoms with van der Waals surface area (Å²) in [6.07, 6.45) is 2.01. The first-order valence-electron chi connectivity index (χ1n) is 12.0. The van der Waals surface area contributed by atoms with Crippen LogP contribution in [0.2, 0.25) is 5.02 Å². The van der Waals surface area contributed by atoms with Gasteiger partial charge < -0.3 is 24.0 Å². The Balaban J connectivity index is 1.16. The largest absolute Gasteiger partial charge is 0.372 e. The van der Waals surface area contributed by atoms with E-state index in [4.69, 9.17) is 20.9 Å². The predicted octanol–water partition coefficient (Wildman–Crippen LogP) is 3.10. The van der Waals surface area contributed by atoms with Gasteiger partial charge in [0.15, 0.2) is 0 Å². The van der Waals surface area contributed by atoms with Crippen molar-refractivity contribution in [3.05, 3.63) is 35.2 Å². The molecule has 5 rings (SSSR count). The van der Waals surface area contributed by atoms with Crippen molar-refractivity contribution in [2.45, 2.75) is 51.2 Å². The van der Waals surface area contributed by atoms with Gasteiger partial charge in [-0.25, -0.2) is 0 Å². The summed E-state index contributed by atoms with van der Waals surface area (Å²) in [5, 5.41) is 4.78. The Bertz CT molecular complexity index is 1040. The molecule has 10 heteroatoms. The molecule has 4 heterocycles. The zero-order valence-electron chi connectivity index (χ0n) is 19.5. The van der Waals surface area contributed by atoms with Gasteiger partial charge in [0, 0.05) is 55.8 Å². The fraction of sp³-hybridized carbons (Fsp3) is 0.583. The second kappa shape index (κ2) is 9.54. The van der Waals surface area contributed by atoms with E-state index in [1.807, 2.05) is 30.9 Å². The summed E-state index contributed by atoms with van der Waals surface area (Å²) >= 11 is 6.08. The van der Waals surface area contributed by atoms with Gasteiger partial charge in [0.1, 0.15) is 0 Å². The summed E-state index contributed by atoms with van der Waals surface area (Å²) in [6.45, 7) is 7.20. The standard InChI is InChI=1S/C24H30ClN5O4/c1-15-12-29(13-16(2)33-15)24-26-22(34-27-24)17-6-8-28(9-7-17)23(32)18-10-21(31)30(14-18)20-5-3-4-19(25)11-20/h3-5,11,15-18H,6-10,12-14H2,1-2H3/t15-,16-,18?/m0/s1. The summed E-state index contributed by atoms with van der Waals surface area (Å²) in [7, 11) is 0. The number of nitrogens with zero attached hydrogens (tertiary/aromatic N) is 5. The molecule has 1 unspecified atom stereocenters. The molecule has 0 bridgehead atoms. The number of hydrogen-bond donors (Lipinski definition) is 0. The summed E-state index contributed by atoms with van der Waals surface area (Å²) in [5.74, 6) is 1.05. The quantitative estimate of drug-likeness (QED) is 0.654. The molecule has 0 spiro atoms. The number of anilines is 2. The third kappa shape index (κ3) is 4.77. The smallest absolute Gasteiger partial charge is 0.266 e. The monoisotopic (exact) mass is 487 g/mol. The van der Waals surface area contributed by atoms with Crippen molar-refractivity contribution in [3.8, 4) is 0 Å². The van der Waals surface area contributed by atoms with Crippen LogP contribution in [0.15, 0.2) is 28.8 Å². The lowest BCUT2D eigenvalue weighted by atomic mass is 9.95. The van der Waals surface area contributed by atoms with Crippen LogP contribution in [0.25, 0.3) is 0 Å². The van der Waals surface area contributed by atoms with Crippen molar-refractivity contribution in [2.24, 2.45) is 5.92 Å². The Morgan fingerprint density at radius 2 is 1.85 bits per heavy atom. The van der Waals surface area contributed by atoms with Crippen LogP contribution in [0.3, 0.4) is 0 Å². The van der Waals surface area contributed by atoms with E-state index in [0.29, 0.717) is 36.5 Å². The molecule has 3 aliphatic heterocycles. The molecule has 1 aromatic carbocycles. The summed E-state index contributed by atoms with van der Waals surface area (Å²) in [6, 6.07) is 7.19. The number of morpholine rings is 1. The number of carbonyl (C=O) groups is 2. The highest BCUT2D eigenvalue weighted by molar-refractivity contribution is 6.31. The minimum absolute atomic E-state index is 0.0406. The van der Waals surface area contributed by atoms with Gasteiger partial charge in [-0.05, 0) is 50.0 Å². The van der Waals surface area contributed by atoms with Crippen LogP contribution in [-0.2, 0) is 14.3 Å². The van der Waals surface area contributed by atoms with Crippen molar-refractivity contribution in [1.82, 2.24) is 15.0 Å². The third-order valence-electron chi connectivity index (χ3n) is 6.88. The summed E-state index contributed by atoms with van der Waals surface area (Å²) < 4.78 is 11.4. The zero-order chi connectivity index (χ0) is 23.8. The lowest BCUT2D eigenvalue weighted by molar-refractivity contribution is -0.136. The molecular weight excluding hydrogens is 458 g/mol. The van der Waals surface area contributed by atoms with Gasteiger partial charge in [0.2, 0.25) is 17.7 Å². The molecule has 34 heavy (non-hydrogen) atoms. The van der Waals surface area contributed by atoms with Gasteiger partial charge in [-0.1, -0.05) is 17.7 Å². The summed E-state index contributed by atoms with van der Waals surface area (Å²) in [4.78, 5) is 36.0. The zero-order valence-corrected chi connectivity index (χ0v) is 20.3. The molecule has 2 aromatic rings. The lowest BCUT2D eigenvalue weighted by Gasteiger charge is -2.34. The van der Waals surface area contributed by atoms with E-state index in [9.17, 15) is 9.59 Å². The van der Waals surface area contributed by atoms with Gasteiger partial charge in [-0.15, -0.1) is 0 Å². The van der Waals surface area contributed by atoms with E-state index in [-0.39, 0.29) is 42.3 Å². The number of likely N-dealkylation sites (tertiary alicyclic amines) is 1. The second-order valence-electron chi connectivity index (χ2n) is 9.58. The summed E-state index contributed by atoms with van der Waals surface area (Å²) in [5.41, 5.74) is 0.739. The molecule has 0 radical (unpaired) electrons. The Hall–Kier alpha value is -2.65. The fourth-order valence-electron chi connectivity index (χ4n) is 5.23. The molecule has 0 N–H and O–H groups in total. The van der Waals surface area contributed by atoms with Gasteiger partial charge in [-0.2, -0.15) is 4.98 Å². The van der Waals surface area contributed by atoms with Crippen LogP contribution in [-0.4, -0.2) is 71.8 Å². The normalized spacial score (nSPS) is 26.4. The average Bonchev–Trinajstić information content (AvgIpc) is 3.45. The Labute approximate surface area is 204 Å².